The SMILES string of the molecule is C#CCN(CCC)c1cc(C)ncc1CNC(C)(C)C. The van der Waals surface area contributed by atoms with E-state index in [1.165, 1.54) is 11.3 Å². The van der Waals surface area contributed by atoms with Gasteiger partial charge in [-0.25, -0.2) is 0 Å². The molecule has 0 fully saturated rings. The van der Waals surface area contributed by atoms with Crippen LogP contribution in [0.15, 0.2) is 12.3 Å². The van der Waals surface area contributed by atoms with E-state index in [0.717, 1.165) is 25.2 Å². The molecule has 0 aliphatic carbocycles. The van der Waals surface area contributed by atoms with E-state index >= 15 is 0 Å². The Bertz CT molecular complexity index is 466. The lowest BCUT2D eigenvalue weighted by Crippen LogP contribution is -2.36. The Hall–Kier alpha value is -1.53. The van der Waals surface area contributed by atoms with Gasteiger partial charge in [-0.15, -0.1) is 6.42 Å². The van der Waals surface area contributed by atoms with Gasteiger partial charge in [0.2, 0.25) is 0 Å². The van der Waals surface area contributed by atoms with Crippen molar-refractivity contribution in [1.29, 1.82) is 0 Å². The third kappa shape index (κ3) is 5.22. The Balaban J connectivity index is 3.02. The molecular formula is C17H27N3. The summed E-state index contributed by atoms with van der Waals surface area (Å²) in [5.41, 5.74) is 3.52. The van der Waals surface area contributed by atoms with Gasteiger partial charge < -0.3 is 10.2 Å². The van der Waals surface area contributed by atoms with Crippen molar-refractivity contribution in [3.8, 4) is 12.3 Å². The molecule has 3 nitrogen and oxygen atoms in total. The molecule has 0 saturated heterocycles. The fourth-order valence-corrected chi connectivity index (χ4v) is 2.03. The Morgan fingerprint density at radius 2 is 2.10 bits per heavy atom. The molecule has 1 heterocycles. The van der Waals surface area contributed by atoms with Crippen molar-refractivity contribution < 1.29 is 0 Å². The van der Waals surface area contributed by atoms with Gasteiger partial charge in [0.1, 0.15) is 0 Å². The maximum Gasteiger partial charge on any atom is 0.0791 e. The van der Waals surface area contributed by atoms with Crippen LogP contribution in [0.3, 0.4) is 0 Å². The van der Waals surface area contributed by atoms with E-state index in [9.17, 15) is 0 Å². The van der Waals surface area contributed by atoms with Crippen LogP contribution in [0, 0.1) is 19.3 Å². The number of aromatic nitrogens is 1. The molecule has 20 heavy (non-hydrogen) atoms. The predicted octanol–water partition coefficient (Wildman–Crippen LogP) is 3.13. The molecule has 1 aromatic rings. The molecular weight excluding hydrogens is 246 g/mol. The molecule has 0 atom stereocenters. The van der Waals surface area contributed by atoms with Crippen LogP contribution in [0.1, 0.15) is 45.4 Å². The predicted molar refractivity (Wildman–Crippen MR) is 86.9 cm³/mol. The molecule has 110 valence electrons. The van der Waals surface area contributed by atoms with Crippen LogP contribution in [0.4, 0.5) is 5.69 Å². The maximum absolute atomic E-state index is 5.51. The van der Waals surface area contributed by atoms with E-state index in [1.807, 2.05) is 13.1 Å². The highest BCUT2D eigenvalue weighted by atomic mass is 15.1. The van der Waals surface area contributed by atoms with E-state index < -0.39 is 0 Å². The molecule has 1 aromatic heterocycles. The van der Waals surface area contributed by atoms with Gasteiger partial charge in [0.05, 0.1) is 6.54 Å². The average molecular weight is 273 g/mol. The van der Waals surface area contributed by atoms with Crippen molar-refractivity contribution in [2.24, 2.45) is 0 Å². The zero-order valence-corrected chi connectivity index (χ0v) is 13.5. The number of hydrogen-bond acceptors (Lipinski definition) is 3. The summed E-state index contributed by atoms with van der Waals surface area (Å²) in [7, 11) is 0. The van der Waals surface area contributed by atoms with Crippen LogP contribution in [-0.4, -0.2) is 23.6 Å². The van der Waals surface area contributed by atoms with Crippen LogP contribution in [0.2, 0.25) is 0 Å². The topological polar surface area (TPSA) is 28.2 Å². The van der Waals surface area contributed by atoms with E-state index in [0.29, 0.717) is 6.54 Å². The van der Waals surface area contributed by atoms with Crippen molar-refractivity contribution in [2.45, 2.75) is 53.1 Å². The molecule has 0 amide bonds. The minimum Gasteiger partial charge on any atom is -0.360 e. The number of nitrogens with zero attached hydrogens (tertiary/aromatic N) is 2. The molecule has 0 aliphatic heterocycles. The lowest BCUT2D eigenvalue weighted by Gasteiger charge is -2.27. The Morgan fingerprint density at radius 1 is 1.40 bits per heavy atom. The van der Waals surface area contributed by atoms with Crippen LogP contribution in [-0.2, 0) is 6.54 Å². The number of nitrogens with one attached hydrogen (secondary N) is 1. The first-order chi connectivity index (χ1) is 9.37. The Kier molecular flexibility index (Phi) is 6.04. The number of aryl methyl sites for hydroxylation is 1. The molecule has 3 heteroatoms. The number of pyridine rings is 1. The van der Waals surface area contributed by atoms with Crippen LogP contribution in [0.25, 0.3) is 0 Å². The smallest absolute Gasteiger partial charge is 0.0791 e. The zero-order chi connectivity index (χ0) is 15.2. The van der Waals surface area contributed by atoms with Crippen molar-refractivity contribution in [3.63, 3.8) is 0 Å². The Morgan fingerprint density at radius 3 is 2.65 bits per heavy atom. The van der Waals surface area contributed by atoms with Crippen LogP contribution < -0.4 is 10.2 Å². The first kappa shape index (κ1) is 16.5. The number of terminal acetylenes is 1. The van der Waals surface area contributed by atoms with Gasteiger partial charge >= 0.3 is 0 Å². The summed E-state index contributed by atoms with van der Waals surface area (Å²) >= 11 is 0. The molecule has 0 spiro atoms. The number of anilines is 1. The molecule has 0 bridgehead atoms. The highest BCUT2D eigenvalue weighted by Gasteiger charge is 2.14. The van der Waals surface area contributed by atoms with Crippen molar-refractivity contribution in [1.82, 2.24) is 10.3 Å². The highest BCUT2D eigenvalue weighted by Crippen LogP contribution is 2.21. The molecule has 1 rings (SSSR count). The second kappa shape index (κ2) is 7.31. The van der Waals surface area contributed by atoms with Crippen molar-refractivity contribution in [3.05, 3.63) is 23.5 Å². The van der Waals surface area contributed by atoms with Gasteiger partial charge in [-0.05, 0) is 40.2 Å². The summed E-state index contributed by atoms with van der Waals surface area (Å²) in [6, 6.07) is 2.13. The van der Waals surface area contributed by atoms with E-state index in [4.69, 9.17) is 6.42 Å². The summed E-state index contributed by atoms with van der Waals surface area (Å²) in [4.78, 5) is 6.68. The number of rotatable bonds is 6. The van der Waals surface area contributed by atoms with E-state index in [-0.39, 0.29) is 5.54 Å². The lowest BCUT2D eigenvalue weighted by molar-refractivity contribution is 0.424. The Labute approximate surface area is 123 Å². The second-order valence-electron chi connectivity index (χ2n) is 6.18. The van der Waals surface area contributed by atoms with Gasteiger partial charge in [-0.3, -0.25) is 4.98 Å². The number of hydrogen-bond donors (Lipinski definition) is 1. The molecule has 0 unspecified atom stereocenters. The molecule has 0 saturated carbocycles. The quantitative estimate of drug-likeness (QED) is 0.807. The van der Waals surface area contributed by atoms with Crippen molar-refractivity contribution in [2.75, 3.05) is 18.0 Å². The monoisotopic (exact) mass is 273 g/mol. The third-order valence-electron chi connectivity index (χ3n) is 3.02. The first-order valence-corrected chi connectivity index (χ1v) is 7.26. The standard InChI is InChI=1S/C17H27N3/c1-7-9-20(10-8-2)16-11-14(3)18-12-15(16)13-19-17(4,5)6/h1,11-12,19H,8-10,13H2,2-6H3. The average Bonchev–Trinajstić information content (AvgIpc) is 2.36. The molecule has 0 radical (unpaired) electrons. The van der Waals surface area contributed by atoms with Crippen LogP contribution >= 0.6 is 0 Å². The molecule has 0 aromatic carbocycles. The summed E-state index contributed by atoms with van der Waals surface area (Å²) in [6.45, 7) is 13.1. The summed E-state index contributed by atoms with van der Waals surface area (Å²) in [5, 5.41) is 3.52. The minimum absolute atomic E-state index is 0.0872. The van der Waals surface area contributed by atoms with Gasteiger partial charge in [-0.2, -0.15) is 0 Å². The lowest BCUT2D eigenvalue weighted by atomic mass is 10.1. The summed E-state index contributed by atoms with van der Waals surface area (Å²) < 4.78 is 0. The normalized spacial score (nSPS) is 11.2. The van der Waals surface area contributed by atoms with E-state index in [2.05, 4.69) is 54.9 Å². The van der Waals surface area contributed by atoms with Gasteiger partial charge in [0, 0.05) is 41.8 Å². The largest absolute Gasteiger partial charge is 0.360 e. The van der Waals surface area contributed by atoms with Crippen molar-refractivity contribution >= 4 is 5.69 Å². The first-order valence-electron chi connectivity index (χ1n) is 7.26. The zero-order valence-electron chi connectivity index (χ0n) is 13.5. The maximum atomic E-state index is 5.51. The summed E-state index contributed by atoms with van der Waals surface area (Å²) in [5.74, 6) is 2.76. The third-order valence-corrected chi connectivity index (χ3v) is 3.02. The van der Waals surface area contributed by atoms with Gasteiger partial charge in [0.25, 0.3) is 0 Å². The summed E-state index contributed by atoms with van der Waals surface area (Å²) in [6.07, 6.45) is 8.54. The fraction of sp³-hybridized carbons (Fsp3) is 0.588. The van der Waals surface area contributed by atoms with E-state index in [1.54, 1.807) is 0 Å². The molecule has 0 aliphatic rings. The highest BCUT2D eigenvalue weighted by molar-refractivity contribution is 5.54. The fourth-order valence-electron chi connectivity index (χ4n) is 2.03. The second-order valence-corrected chi connectivity index (χ2v) is 6.18. The molecule has 1 N–H and O–H groups in total. The van der Waals surface area contributed by atoms with Gasteiger partial charge in [-0.1, -0.05) is 12.8 Å². The van der Waals surface area contributed by atoms with Crippen LogP contribution in [0.5, 0.6) is 0 Å². The van der Waals surface area contributed by atoms with Gasteiger partial charge in [0.15, 0.2) is 0 Å². The minimum atomic E-state index is 0.0872.